The average Bonchev–Trinajstić information content (AvgIpc) is 3.67. The molecule has 0 amide bonds. The van der Waals surface area contributed by atoms with Crippen LogP contribution in [0.1, 0.15) is 0 Å². The molecule has 0 aliphatic carbocycles. The van der Waals surface area contributed by atoms with Gasteiger partial charge in [0.05, 0.1) is 0 Å². The van der Waals surface area contributed by atoms with Crippen molar-refractivity contribution in [1.82, 2.24) is 58.1 Å². The van der Waals surface area contributed by atoms with Gasteiger partial charge in [-0.2, -0.15) is 0 Å². The molecule has 0 saturated heterocycles. The van der Waals surface area contributed by atoms with Crippen LogP contribution in [0.3, 0.4) is 0 Å². The van der Waals surface area contributed by atoms with Crippen LogP contribution in [0, 0.1) is 0 Å². The number of nitrogens with zero attached hydrogens (tertiary/aromatic N) is 12. The van der Waals surface area contributed by atoms with Gasteiger partial charge in [-0.05, 0) is 73.6 Å². The Hall–Kier alpha value is -3.99. The molecule has 0 atom stereocenters. The van der Waals surface area contributed by atoms with E-state index in [2.05, 4.69) is 30.6 Å². The largest absolute Gasteiger partial charge is 2.00 e. The van der Waals surface area contributed by atoms with Crippen LogP contribution in [0.15, 0.2) is 111 Å². The summed E-state index contributed by atoms with van der Waals surface area (Å²) < 4.78 is 11.2. The second-order valence-electron chi connectivity index (χ2n) is 7.12. The fraction of sp³-hybridized carbons (Fsp3) is 0. The minimum absolute atomic E-state index is 0. The van der Waals surface area contributed by atoms with Crippen molar-refractivity contribution in [3.05, 3.63) is 111 Å². The van der Waals surface area contributed by atoms with Gasteiger partial charge in [-0.1, -0.05) is 0 Å². The van der Waals surface area contributed by atoms with Gasteiger partial charge >= 0.3 is 33.7 Å². The topological polar surface area (TPSA) is 107 Å². The Morgan fingerprint density at radius 2 is 0.515 bits per heavy atom. The minimum atomic E-state index is -1.12. The van der Waals surface area contributed by atoms with Gasteiger partial charge in [0.2, 0.25) is 0 Å². The maximum absolute atomic E-state index is 4.26. The summed E-state index contributed by atoms with van der Waals surface area (Å²) in [6.45, 7) is 0. The summed E-state index contributed by atoms with van der Waals surface area (Å²) in [4.78, 5) is 0. The van der Waals surface area contributed by atoms with Crippen molar-refractivity contribution in [2.24, 2.45) is 0 Å². The van der Waals surface area contributed by atoms with Crippen molar-refractivity contribution in [1.29, 1.82) is 0 Å². The molecule has 0 aliphatic heterocycles. The molecule has 6 heterocycles. The van der Waals surface area contributed by atoms with E-state index in [0.29, 0.717) is 0 Å². The summed E-state index contributed by atoms with van der Waals surface area (Å²) >= 11 is 0. The summed E-state index contributed by atoms with van der Waals surface area (Å²) in [5.41, 5.74) is 0. The van der Waals surface area contributed by atoms with Gasteiger partial charge in [0.1, 0.15) is 0 Å². The molecule has 15 heteroatoms. The molecule has 0 aliphatic rings. The third kappa shape index (κ3) is 4.93. The van der Waals surface area contributed by atoms with E-state index in [1.807, 2.05) is 101 Å². The SMILES string of the molecule is [Zn+2].c1cnn([BH-](n2cccn2)n2cccn2)c1.c1cnn([BH-](n2cccn2)n2cccn2)c1. The predicted octanol–water partition coefficient (Wildman–Crippen LogP) is -0.127. The first kappa shape index (κ1) is 22.2. The first-order valence-electron chi connectivity index (χ1n) is 10.2. The maximum Gasteiger partial charge on any atom is 2.00 e. The van der Waals surface area contributed by atoms with Crippen molar-refractivity contribution in [3.63, 3.8) is 0 Å². The Balaban J connectivity index is 0.000000152. The van der Waals surface area contributed by atoms with E-state index in [9.17, 15) is 0 Å². The van der Waals surface area contributed by atoms with Crippen LogP contribution in [-0.2, 0) is 19.5 Å². The van der Waals surface area contributed by atoms with Gasteiger partial charge in [-0.3, -0.25) is 0 Å². The van der Waals surface area contributed by atoms with Gasteiger partial charge in [0.15, 0.2) is 0 Å². The number of aromatic nitrogens is 12. The van der Waals surface area contributed by atoms with Crippen LogP contribution in [-0.4, -0.2) is 72.4 Å². The maximum atomic E-state index is 4.26. The van der Waals surface area contributed by atoms with Gasteiger partial charge in [0.25, 0.3) is 0 Å². The molecule has 0 spiro atoms. The first-order valence-corrected chi connectivity index (χ1v) is 10.2. The number of hydrogen-bond donors (Lipinski definition) is 0. The van der Waals surface area contributed by atoms with Crippen molar-refractivity contribution in [3.8, 4) is 0 Å². The molecule has 0 aromatic carbocycles. The Morgan fingerprint density at radius 3 is 0.636 bits per heavy atom. The van der Waals surface area contributed by atoms with Crippen LogP contribution >= 0.6 is 0 Å². The molecular formula is C18H20B2N12Zn. The Kier molecular flexibility index (Phi) is 7.10. The standard InChI is InChI=1S/2C9H10BN6.Zn/c2*1-4-11-14(7-1)10(15-8-2-5-12-15)16-9-3-6-13-16;/h2*1-10H;/q2*-1;+2. The van der Waals surface area contributed by atoms with E-state index in [4.69, 9.17) is 0 Å². The van der Waals surface area contributed by atoms with Crippen LogP contribution in [0.5, 0.6) is 0 Å². The van der Waals surface area contributed by atoms with E-state index in [1.54, 1.807) is 37.2 Å². The zero-order valence-electron chi connectivity index (χ0n) is 17.9. The molecule has 160 valence electrons. The van der Waals surface area contributed by atoms with Gasteiger partial charge < -0.3 is 27.6 Å². The number of hydrogen-bond acceptors (Lipinski definition) is 6. The molecule has 0 fully saturated rings. The molecule has 0 radical (unpaired) electrons. The first-order chi connectivity index (χ1) is 15.9. The average molecular weight is 491 g/mol. The van der Waals surface area contributed by atoms with Crippen LogP contribution in [0.2, 0.25) is 0 Å². The number of rotatable bonds is 6. The van der Waals surface area contributed by atoms with Crippen molar-refractivity contribution >= 4 is 14.2 Å². The van der Waals surface area contributed by atoms with E-state index in [1.165, 1.54) is 0 Å². The van der Waals surface area contributed by atoms with E-state index in [0.717, 1.165) is 0 Å². The molecule has 12 nitrogen and oxygen atoms in total. The summed E-state index contributed by atoms with van der Waals surface area (Å²) in [7, 11) is -2.25. The summed E-state index contributed by atoms with van der Waals surface area (Å²) in [5.74, 6) is 0. The smallest absolute Gasteiger partial charge is 0.403 e. The monoisotopic (exact) mass is 490 g/mol. The zero-order valence-corrected chi connectivity index (χ0v) is 20.8. The predicted molar refractivity (Wildman–Crippen MR) is 120 cm³/mol. The molecule has 0 bridgehead atoms. The minimum Gasteiger partial charge on any atom is -0.403 e. The third-order valence-electron chi connectivity index (χ3n) is 5.09. The normalized spacial score (nSPS) is 10.7. The molecule has 0 unspecified atom stereocenters. The summed E-state index contributed by atoms with van der Waals surface area (Å²) in [6, 6.07) is 11.4. The van der Waals surface area contributed by atoms with Crippen molar-refractivity contribution in [2.45, 2.75) is 0 Å². The fourth-order valence-corrected chi connectivity index (χ4v) is 3.70. The molecular weight excluding hydrogens is 471 g/mol. The second kappa shape index (κ2) is 10.6. The van der Waals surface area contributed by atoms with Crippen LogP contribution in [0.4, 0.5) is 0 Å². The van der Waals surface area contributed by atoms with Crippen LogP contribution < -0.4 is 0 Å². The summed E-state index contributed by atoms with van der Waals surface area (Å²) in [6.07, 6.45) is 22.1. The molecule has 33 heavy (non-hydrogen) atoms. The molecule has 6 rings (SSSR count). The van der Waals surface area contributed by atoms with Gasteiger partial charge in [-0.15, -0.1) is 0 Å². The Labute approximate surface area is 202 Å². The quantitative estimate of drug-likeness (QED) is 0.301. The summed E-state index contributed by atoms with van der Waals surface area (Å²) in [5, 5.41) is 25.6. The fourth-order valence-electron chi connectivity index (χ4n) is 3.70. The third-order valence-corrected chi connectivity index (χ3v) is 5.09. The van der Waals surface area contributed by atoms with Gasteiger partial charge in [0, 0.05) is 37.2 Å². The van der Waals surface area contributed by atoms with E-state index < -0.39 is 14.2 Å². The Bertz CT molecular complexity index is 1000. The zero-order chi connectivity index (χ0) is 21.6. The van der Waals surface area contributed by atoms with Crippen molar-refractivity contribution < 1.29 is 19.5 Å². The van der Waals surface area contributed by atoms with Crippen LogP contribution in [0.25, 0.3) is 0 Å². The Morgan fingerprint density at radius 1 is 0.333 bits per heavy atom. The van der Waals surface area contributed by atoms with E-state index >= 15 is 0 Å². The molecule has 0 saturated carbocycles. The van der Waals surface area contributed by atoms with Crippen molar-refractivity contribution in [2.75, 3.05) is 0 Å². The molecule has 0 N–H and O–H groups in total. The molecule has 6 aromatic rings. The van der Waals surface area contributed by atoms with E-state index in [-0.39, 0.29) is 19.5 Å². The molecule has 6 aromatic heterocycles. The second-order valence-corrected chi connectivity index (χ2v) is 7.12. The van der Waals surface area contributed by atoms with Gasteiger partial charge in [-0.25, -0.2) is 30.6 Å².